The smallest absolute Gasteiger partial charge is 0.134 e. The van der Waals surface area contributed by atoms with Gasteiger partial charge in [0.25, 0.3) is 0 Å². The second-order valence-corrected chi connectivity index (χ2v) is 5.75. The van der Waals surface area contributed by atoms with Crippen LogP contribution in [-0.4, -0.2) is 9.97 Å². The first-order chi connectivity index (χ1) is 9.86. The Hall–Kier alpha value is -2.29. The van der Waals surface area contributed by atoms with Crippen molar-refractivity contribution in [3.8, 4) is 16.0 Å². The van der Waals surface area contributed by atoms with Gasteiger partial charge in [-0.15, -0.1) is 22.7 Å². The van der Waals surface area contributed by atoms with Crippen molar-refractivity contribution in [2.24, 2.45) is 0 Å². The lowest BCUT2D eigenvalue weighted by Crippen LogP contribution is -1.85. The molecule has 96 valence electrons. The van der Waals surface area contributed by atoms with Crippen LogP contribution in [0.2, 0.25) is 0 Å². The zero-order valence-electron chi connectivity index (χ0n) is 10.4. The summed E-state index contributed by atoms with van der Waals surface area (Å²) in [5.74, 6) is 0. The lowest BCUT2D eigenvalue weighted by molar-refractivity contribution is 1.28. The van der Waals surface area contributed by atoms with E-state index >= 15 is 0 Å². The van der Waals surface area contributed by atoms with Gasteiger partial charge in [-0.2, -0.15) is 5.26 Å². The summed E-state index contributed by atoms with van der Waals surface area (Å²) in [4.78, 5) is 9.87. The number of nitrogens with zero attached hydrogens (tertiary/aromatic N) is 3. The summed E-state index contributed by atoms with van der Waals surface area (Å²) in [5.41, 5.74) is 1.98. The van der Waals surface area contributed by atoms with E-state index in [1.54, 1.807) is 34.9 Å². The average molecular weight is 295 g/mol. The molecule has 0 spiro atoms. The van der Waals surface area contributed by atoms with Crippen molar-refractivity contribution in [2.45, 2.75) is 0 Å². The van der Waals surface area contributed by atoms with Gasteiger partial charge in [-0.1, -0.05) is 12.1 Å². The number of allylic oxidation sites excluding steroid dienone is 1. The van der Waals surface area contributed by atoms with Gasteiger partial charge in [-0.05, 0) is 29.7 Å². The van der Waals surface area contributed by atoms with Crippen LogP contribution in [0.25, 0.3) is 21.5 Å². The van der Waals surface area contributed by atoms with Crippen molar-refractivity contribution < 1.29 is 0 Å². The summed E-state index contributed by atoms with van der Waals surface area (Å²) in [6, 6.07) is 11.7. The van der Waals surface area contributed by atoms with E-state index in [1.165, 1.54) is 0 Å². The van der Waals surface area contributed by atoms with Gasteiger partial charge < -0.3 is 0 Å². The highest BCUT2D eigenvalue weighted by Crippen LogP contribution is 2.28. The first kappa shape index (κ1) is 12.7. The number of hydrogen-bond donors (Lipinski definition) is 0. The van der Waals surface area contributed by atoms with Crippen molar-refractivity contribution >= 4 is 34.3 Å². The molecule has 0 aliphatic heterocycles. The number of nitriles is 1. The highest BCUT2D eigenvalue weighted by molar-refractivity contribution is 7.20. The number of aromatic nitrogens is 2. The molecule has 3 aromatic rings. The van der Waals surface area contributed by atoms with Crippen LogP contribution >= 0.6 is 22.7 Å². The number of rotatable bonds is 3. The van der Waals surface area contributed by atoms with E-state index in [0.717, 1.165) is 15.6 Å². The molecule has 0 saturated carbocycles. The van der Waals surface area contributed by atoms with E-state index in [9.17, 15) is 5.26 Å². The molecular weight excluding hydrogens is 286 g/mol. The van der Waals surface area contributed by atoms with Crippen molar-refractivity contribution in [3.05, 3.63) is 58.7 Å². The van der Waals surface area contributed by atoms with Crippen molar-refractivity contribution in [2.75, 3.05) is 0 Å². The maximum atomic E-state index is 9.25. The molecule has 0 fully saturated rings. The Morgan fingerprint density at radius 1 is 1.20 bits per heavy atom. The van der Waals surface area contributed by atoms with Gasteiger partial charge in [0.05, 0.1) is 21.8 Å². The summed E-state index contributed by atoms with van der Waals surface area (Å²) >= 11 is 3.24. The topological polar surface area (TPSA) is 49.6 Å². The van der Waals surface area contributed by atoms with Gasteiger partial charge in [-0.3, -0.25) is 4.98 Å². The highest BCUT2D eigenvalue weighted by atomic mass is 32.1. The van der Waals surface area contributed by atoms with Gasteiger partial charge in [0, 0.05) is 11.6 Å². The molecule has 0 aliphatic carbocycles. The monoisotopic (exact) mass is 295 g/mol. The minimum Gasteiger partial charge on any atom is -0.256 e. The van der Waals surface area contributed by atoms with E-state index in [2.05, 4.69) is 16.0 Å². The normalized spacial score (nSPS) is 11.2. The molecule has 3 nitrogen and oxygen atoms in total. The van der Waals surface area contributed by atoms with Crippen LogP contribution in [0.5, 0.6) is 0 Å². The summed E-state index contributed by atoms with van der Waals surface area (Å²) in [6.07, 6.45) is 3.45. The molecular formula is C15H9N3S2. The molecule has 0 aromatic carbocycles. The molecule has 0 radical (unpaired) electrons. The van der Waals surface area contributed by atoms with E-state index in [-0.39, 0.29) is 0 Å². The van der Waals surface area contributed by atoms with Gasteiger partial charge in [-0.25, -0.2) is 4.98 Å². The van der Waals surface area contributed by atoms with Crippen LogP contribution in [-0.2, 0) is 0 Å². The van der Waals surface area contributed by atoms with Crippen molar-refractivity contribution in [1.82, 2.24) is 9.97 Å². The van der Waals surface area contributed by atoms with Gasteiger partial charge >= 0.3 is 0 Å². The van der Waals surface area contributed by atoms with Crippen LogP contribution in [0.3, 0.4) is 0 Å². The Balaban J connectivity index is 1.94. The fourth-order valence-electron chi connectivity index (χ4n) is 1.70. The van der Waals surface area contributed by atoms with Gasteiger partial charge in [0.1, 0.15) is 11.1 Å². The summed E-state index contributed by atoms with van der Waals surface area (Å²) < 4.78 is 0. The summed E-state index contributed by atoms with van der Waals surface area (Å²) in [6.45, 7) is 0. The van der Waals surface area contributed by atoms with E-state index in [4.69, 9.17) is 0 Å². The lowest BCUT2D eigenvalue weighted by Gasteiger charge is -1.95. The molecule has 0 atom stereocenters. The Kier molecular flexibility index (Phi) is 3.68. The maximum Gasteiger partial charge on any atom is 0.134 e. The minimum absolute atomic E-state index is 0.522. The molecule has 3 rings (SSSR count). The predicted octanol–water partition coefficient (Wildman–Crippen LogP) is 4.33. The van der Waals surface area contributed by atoms with Gasteiger partial charge in [0.15, 0.2) is 0 Å². The van der Waals surface area contributed by atoms with E-state index < -0.39 is 0 Å². The molecule has 20 heavy (non-hydrogen) atoms. The molecule has 3 aromatic heterocycles. The molecule has 0 unspecified atom stereocenters. The molecule has 0 amide bonds. The molecule has 0 N–H and O–H groups in total. The van der Waals surface area contributed by atoms with Crippen LogP contribution in [0.1, 0.15) is 11.4 Å². The second kappa shape index (κ2) is 5.78. The Labute approximate surface area is 124 Å². The summed E-state index contributed by atoms with van der Waals surface area (Å²) in [7, 11) is 0. The van der Waals surface area contributed by atoms with Crippen LogP contribution in [0.15, 0.2) is 47.3 Å². The fourth-order valence-corrected chi connectivity index (χ4v) is 3.29. The maximum absolute atomic E-state index is 9.25. The quantitative estimate of drug-likeness (QED) is 0.676. The third-order valence-corrected chi connectivity index (χ3v) is 4.51. The Bertz CT molecular complexity index is 765. The standard InChI is InChI=1S/C15H9N3S2/c16-9-11(13-4-1-2-6-17-13)8-12-10-20-15(18-12)14-5-3-7-19-14/h1-8,10H/b11-8-. The molecule has 3 heterocycles. The van der Waals surface area contributed by atoms with Gasteiger partial charge in [0.2, 0.25) is 0 Å². The third kappa shape index (κ3) is 2.67. The van der Waals surface area contributed by atoms with Crippen LogP contribution in [0.4, 0.5) is 0 Å². The van der Waals surface area contributed by atoms with Crippen molar-refractivity contribution in [3.63, 3.8) is 0 Å². The Morgan fingerprint density at radius 3 is 2.85 bits per heavy atom. The van der Waals surface area contributed by atoms with E-state index in [1.807, 2.05) is 41.1 Å². The zero-order valence-corrected chi connectivity index (χ0v) is 12.0. The molecule has 5 heteroatoms. The van der Waals surface area contributed by atoms with Crippen LogP contribution < -0.4 is 0 Å². The summed E-state index contributed by atoms with van der Waals surface area (Å²) in [5, 5.41) is 14.2. The molecule has 0 saturated heterocycles. The average Bonchev–Trinajstić information content (AvgIpc) is 3.16. The predicted molar refractivity (Wildman–Crippen MR) is 83.1 cm³/mol. The number of hydrogen-bond acceptors (Lipinski definition) is 5. The molecule has 0 bridgehead atoms. The zero-order chi connectivity index (χ0) is 13.8. The molecule has 0 aliphatic rings. The SMILES string of the molecule is N#C/C(=C/c1csc(-c2cccs2)n1)c1ccccn1. The minimum atomic E-state index is 0.522. The first-order valence-electron chi connectivity index (χ1n) is 5.89. The Morgan fingerprint density at radius 2 is 2.15 bits per heavy atom. The van der Waals surface area contributed by atoms with Crippen LogP contribution in [0, 0.1) is 11.3 Å². The van der Waals surface area contributed by atoms with E-state index in [0.29, 0.717) is 11.3 Å². The highest BCUT2D eigenvalue weighted by Gasteiger charge is 2.06. The second-order valence-electron chi connectivity index (χ2n) is 3.94. The number of thiazole rings is 1. The number of thiophene rings is 1. The van der Waals surface area contributed by atoms with Crippen molar-refractivity contribution in [1.29, 1.82) is 5.26 Å². The fraction of sp³-hybridized carbons (Fsp3) is 0. The number of pyridine rings is 1. The largest absolute Gasteiger partial charge is 0.256 e. The first-order valence-corrected chi connectivity index (χ1v) is 7.65. The lowest BCUT2D eigenvalue weighted by atomic mass is 10.1. The third-order valence-electron chi connectivity index (χ3n) is 2.61.